The van der Waals surface area contributed by atoms with Crippen LogP contribution in [0.2, 0.25) is 0 Å². The Balaban J connectivity index is 1.90. The second-order valence-electron chi connectivity index (χ2n) is 5.41. The number of aromatic nitrogens is 1. The molecular formula is C14H25N3S. The lowest BCUT2D eigenvalue weighted by Gasteiger charge is -2.31. The van der Waals surface area contributed by atoms with Gasteiger partial charge in [-0.05, 0) is 31.8 Å². The van der Waals surface area contributed by atoms with Crippen molar-refractivity contribution in [1.82, 2.24) is 9.88 Å². The molecule has 1 saturated heterocycles. The third-order valence-corrected chi connectivity index (χ3v) is 4.83. The van der Waals surface area contributed by atoms with Crippen LogP contribution in [-0.4, -0.2) is 36.1 Å². The van der Waals surface area contributed by atoms with Gasteiger partial charge in [-0.15, -0.1) is 11.3 Å². The van der Waals surface area contributed by atoms with Crippen molar-refractivity contribution in [2.24, 2.45) is 11.7 Å². The summed E-state index contributed by atoms with van der Waals surface area (Å²) in [4.78, 5) is 7.31. The summed E-state index contributed by atoms with van der Waals surface area (Å²) < 4.78 is 0. The van der Waals surface area contributed by atoms with Crippen molar-refractivity contribution in [3.05, 3.63) is 16.1 Å². The van der Waals surface area contributed by atoms with E-state index in [2.05, 4.69) is 24.1 Å². The summed E-state index contributed by atoms with van der Waals surface area (Å²) >= 11 is 1.81. The third kappa shape index (κ3) is 3.53. The van der Waals surface area contributed by atoms with Gasteiger partial charge in [-0.3, -0.25) is 0 Å². The molecular weight excluding hydrogens is 242 g/mol. The second kappa shape index (κ2) is 6.64. The standard InChI is InChI=1S/C14H25N3S/c1-3-17-6-4-5-12(9-17)7-14-16-13(10-18-14)11(2)8-15/h10-12H,3-9,15H2,1-2H3. The van der Waals surface area contributed by atoms with Gasteiger partial charge in [0.2, 0.25) is 0 Å². The first-order chi connectivity index (χ1) is 8.72. The van der Waals surface area contributed by atoms with E-state index in [-0.39, 0.29) is 0 Å². The molecule has 1 aliphatic heterocycles. The van der Waals surface area contributed by atoms with Crippen molar-refractivity contribution >= 4 is 11.3 Å². The molecule has 2 unspecified atom stereocenters. The molecule has 0 aliphatic carbocycles. The van der Waals surface area contributed by atoms with Crippen molar-refractivity contribution in [3.63, 3.8) is 0 Å². The van der Waals surface area contributed by atoms with E-state index < -0.39 is 0 Å². The molecule has 0 aromatic carbocycles. The van der Waals surface area contributed by atoms with Gasteiger partial charge in [-0.25, -0.2) is 4.98 Å². The number of piperidine rings is 1. The molecule has 0 bridgehead atoms. The first kappa shape index (κ1) is 14.0. The van der Waals surface area contributed by atoms with Crippen LogP contribution >= 0.6 is 11.3 Å². The number of likely N-dealkylation sites (tertiary alicyclic amines) is 1. The van der Waals surface area contributed by atoms with Gasteiger partial charge in [0.1, 0.15) is 0 Å². The normalized spacial score (nSPS) is 23.2. The van der Waals surface area contributed by atoms with Crippen LogP contribution < -0.4 is 5.73 Å². The minimum atomic E-state index is 0.397. The maximum Gasteiger partial charge on any atom is 0.0931 e. The summed E-state index contributed by atoms with van der Waals surface area (Å²) in [6.45, 7) is 8.81. The van der Waals surface area contributed by atoms with Crippen LogP contribution in [0.15, 0.2) is 5.38 Å². The summed E-state index contributed by atoms with van der Waals surface area (Å²) in [5.74, 6) is 1.19. The molecule has 2 heterocycles. The van der Waals surface area contributed by atoms with Crippen molar-refractivity contribution < 1.29 is 0 Å². The maximum absolute atomic E-state index is 5.69. The summed E-state index contributed by atoms with van der Waals surface area (Å²) in [5.41, 5.74) is 6.87. The molecule has 0 saturated carbocycles. The number of hydrogen-bond donors (Lipinski definition) is 1. The van der Waals surface area contributed by atoms with E-state index in [1.165, 1.54) is 43.2 Å². The van der Waals surface area contributed by atoms with Gasteiger partial charge in [-0.2, -0.15) is 0 Å². The molecule has 0 amide bonds. The van der Waals surface area contributed by atoms with Gasteiger partial charge in [0.05, 0.1) is 10.7 Å². The lowest BCUT2D eigenvalue weighted by molar-refractivity contribution is 0.182. The average molecular weight is 267 g/mol. The van der Waals surface area contributed by atoms with E-state index in [4.69, 9.17) is 10.7 Å². The fourth-order valence-electron chi connectivity index (χ4n) is 2.62. The molecule has 1 aromatic heterocycles. The molecule has 2 atom stereocenters. The highest BCUT2D eigenvalue weighted by Gasteiger charge is 2.20. The fourth-order valence-corrected chi connectivity index (χ4v) is 3.65. The summed E-state index contributed by atoms with van der Waals surface area (Å²) in [6, 6.07) is 0. The Bertz CT molecular complexity index is 364. The Hall–Kier alpha value is -0.450. The molecule has 1 fully saturated rings. The average Bonchev–Trinajstić information content (AvgIpc) is 2.86. The maximum atomic E-state index is 5.69. The first-order valence-electron chi connectivity index (χ1n) is 7.09. The SMILES string of the molecule is CCN1CCCC(Cc2nc(C(C)CN)cs2)C1. The van der Waals surface area contributed by atoms with Gasteiger partial charge in [0, 0.05) is 30.8 Å². The molecule has 3 nitrogen and oxygen atoms in total. The molecule has 0 spiro atoms. The van der Waals surface area contributed by atoms with Crippen LogP contribution in [-0.2, 0) is 6.42 Å². The Morgan fingerprint density at radius 2 is 2.44 bits per heavy atom. The predicted octanol–water partition coefficient (Wildman–Crippen LogP) is 2.48. The monoisotopic (exact) mass is 267 g/mol. The number of nitrogens with zero attached hydrogens (tertiary/aromatic N) is 2. The van der Waals surface area contributed by atoms with Gasteiger partial charge >= 0.3 is 0 Å². The van der Waals surface area contributed by atoms with Crippen molar-refractivity contribution in [1.29, 1.82) is 0 Å². The van der Waals surface area contributed by atoms with E-state index in [9.17, 15) is 0 Å². The molecule has 1 aliphatic rings. The molecule has 102 valence electrons. The zero-order valence-corrected chi connectivity index (χ0v) is 12.4. The highest BCUT2D eigenvalue weighted by molar-refractivity contribution is 7.09. The highest BCUT2D eigenvalue weighted by atomic mass is 32.1. The second-order valence-corrected chi connectivity index (χ2v) is 6.35. The van der Waals surface area contributed by atoms with Crippen LogP contribution in [0.5, 0.6) is 0 Å². The largest absolute Gasteiger partial charge is 0.330 e. The van der Waals surface area contributed by atoms with Crippen LogP contribution in [0, 0.1) is 5.92 Å². The zero-order valence-electron chi connectivity index (χ0n) is 11.6. The summed E-state index contributed by atoms with van der Waals surface area (Å²) in [6.07, 6.45) is 3.85. The molecule has 4 heteroatoms. The minimum Gasteiger partial charge on any atom is -0.330 e. The number of rotatable bonds is 5. The van der Waals surface area contributed by atoms with E-state index >= 15 is 0 Å². The Labute approximate surface area is 114 Å². The fraction of sp³-hybridized carbons (Fsp3) is 0.786. The van der Waals surface area contributed by atoms with E-state index in [1.807, 2.05) is 11.3 Å². The summed E-state index contributed by atoms with van der Waals surface area (Å²) in [7, 11) is 0. The van der Waals surface area contributed by atoms with Crippen LogP contribution in [0.3, 0.4) is 0 Å². The lowest BCUT2D eigenvalue weighted by Crippen LogP contribution is -2.35. The highest BCUT2D eigenvalue weighted by Crippen LogP contribution is 2.24. The van der Waals surface area contributed by atoms with Gasteiger partial charge in [-0.1, -0.05) is 13.8 Å². The van der Waals surface area contributed by atoms with Crippen LogP contribution in [0.25, 0.3) is 0 Å². The first-order valence-corrected chi connectivity index (χ1v) is 7.97. The molecule has 0 radical (unpaired) electrons. The molecule has 1 aromatic rings. The molecule has 2 N–H and O–H groups in total. The summed E-state index contributed by atoms with van der Waals surface area (Å²) in [5, 5.41) is 3.49. The quantitative estimate of drug-likeness (QED) is 0.891. The van der Waals surface area contributed by atoms with E-state index in [0.29, 0.717) is 12.5 Å². The van der Waals surface area contributed by atoms with E-state index in [1.54, 1.807) is 0 Å². The van der Waals surface area contributed by atoms with Crippen LogP contribution in [0.4, 0.5) is 0 Å². The van der Waals surface area contributed by atoms with Crippen LogP contribution in [0.1, 0.15) is 43.3 Å². The number of thiazole rings is 1. The molecule has 2 rings (SSSR count). The zero-order chi connectivity index (χ0) is 13.0. The van der Waals surface area contributed by atoms with Crippen molar-refractivity contribution in [3.8, 4) is 0 Å². The van der Waals surface area contributed by atoms with Crippen molar-refractivity contribution in [2.45, 2.75) is 39.0 Å². The Kier molecular flexibility index (Phi) is 5.15. The van der Waals surface area contributed by atoms with Gasteiger partial charge < -0.3 is 10.6 Å². The molecule has 18 heavy (non-hydrogen) atoms. The Morgan fingerprint density at radius 3 is 3.17 bits per heavy atom. The topological polar surface area (TPSA) is 42.2 Å². The van der Waals surface area contributed by atoms with Gasteiger partial charge in [0.25, 0.3) is 0 Å². The van der Waals surface area contributed by atoms with Crippen molar-refractivity contribution in [2.75, 3.05) is 26.2 Å². The predicted molar refractivity (Wildman–Crippen MR) is 78.1 cm³/mol. The number of nitrogens with two attached hydrogens (primary N) is 1. The smallest absolute Gasteiger partial charge is 0.0931 e. The minimum absolute atomic E-state index is 0.397. The Morgan fingerprint density at radius 1 is 1.61 bits per heavy atom. The lowest BCUT2D eigenvalue weighted by atomic mass is 9.95. The number of hydrogen-bond acceptors (Lipinski definition) is 4. The van der Waals surface area contributed by atoms with Gasteiger partial charge in [0.15, 0.2) is 0 Å². The van der Waals surface area contributed by atoms with E-state index in [0.717, 1.165) is 12.3 Å². The third-order valence-electron chi connectivity index (χ3n) is 3.94.